The van der Waals surface area contributed by atoms with E-state index in [1.165, 1.54) is 11.8 Å². The van der Waals surface area contributed by atoms with Crippen LogP contribution in [0, 0.1) is 23.2 Å². The Hall–Kier alpha value is -4.65. The Morgan fingerprint density at radius 2 is 1.79 bits per heavy atom. The molecule has 1 fully saturated rings. The van der Waals surface area contributed by atoms with Gasteiger partial charge in [0.1, 0.15) is 17.3 Å². The SMILES string of the molecule is CC(=O)N(C)c1cccc(CC(NC(=O)C2CCC(C#N)CC2)C(=O)Nc2ccc3[nH]c(C(=O)OC(C)(C)C)cc3c2)c1. The van der Waals surface area contributed by atoms with Gasteiger partial charge in [0.15, 0.2) is 0 Å². The van der Waals surface area contributed by atoms with Crippen LogP contribution in [0.2, 0.25) is 0 Å². The summed E-state index contributed by atoms with van der Waals surface area (Å²) in [5.74, 6) is -1.51. The van der Waals surface area contributed by atoms with Crippen LogP contribution in [-0.2, 0) is 25.5 Å². The summed E-state index contributed by atoms with van der Waals surface area (Å²) in [5.41, 5.74) is 2.35. The fourth-order valence-corrected chi connectivity index (χ4v) is 5.18. The summed E-state index contributed by atoms with van der Waals surface area (Å²) >= 11 is 0. The number of hydrogen-bond acceptors (Lipinski definition) is 6. The number of nitrogens with one attached hydrogen (secondary N) is 3. The van der Waals surface area contributed by atoms with Gasteiger partial charge in [-0.3, -0.25) is 14.4 Å². The molecule has 1 aliphatic rings. The van der Waals surface area contributed by atoms with Gasteiger partial charge in [0.2, 0.25) is 17.7 Å². The molecule has 2 aromatic carbocycles. The van der Waals surface area contributed by atoms with Crippen LogP contribution >= 0.6 is 0 Å². The van der Waals surface area contributed by atoms with E-state index in [0.29, 0.717) is 53.7 Å². The summed E-state index contributed by atoms with van der Waals surface area (Å²) < 4.78 is 5.45. The van der Waals surface area contributed by atoms with E-state index in [2.05, 4.69) is 21.7 Å². The summed E-state index contributed by atoms with van der Waals surface area (Å²) in [6.45, 7) is 6.87. The molecular formula is C33H39N5O5. The smallest absolute Gasteiger partial charge is 0.355 e. The predicted octanol–water partition coefficient (Wildman–Crippen LogP) is 5.10. The number of carbonyl (C=O) groups is 4. The molecule has 3 N–H and O–H groups in total. The Kier molecular flexibility index (Phi) is 9.54. The summed E-state index contributed by atoms with van der Waals surface area (Å²) in [5, 5.41) is 15.8. The van der Waals surface area contributed by atoms with Gasteiger partial charge in [-0.1, -0.05) is 12.1 Å². The summed E-state index contributed by atoms with van der Waals surface area (Å²) in [6.07, 6.45) is 2.72. The Bertz CT molecular complexity index is 1560. The molecule has 1 unspecified atom stereocenters. The highest BCUT2D eigenvalue weighted by Crippen LogP contribution is 2.29. The van der Waals surface area contributed by atoms with E-state index in [9.17, 15) is 24.4 Å². The number of amides is 3. The van der Waals surface area contributed by atoms with Crippen molar-refractivity contribution in [3.8, 4) is 6.07 Å². The zero-order valence-corrected chi connectivity index (χ0v) is 25.3. The number of aromatic amines is 1. The van der Waals surface area contributed by atoms with Gasteiger partial charge in [-0.2, -0.15) is 5.26 Å². The average Bonchev–Trinajstić information content (AvgIpc) is 3.39. The number of carbonyl (C=O) groups excluding carboxylic acids is 4. The van der Waals surface area contributed by atoms with Crippen molar-refractivity contribution in [3.05, 3.63) is 59.8 Å². The van der Waals surface area contributed by atoms with Gasteiger partial charge in [0.25, 0.3) is 0 Å². The van der Waals surface area contributed by atoms with E-state index in [1.807, 2.05) is 24.3 Å². The van der Waals surface area contributed by atoms with Crippen LogP contribution in [0.4, 0.5) is 11.4 Å². The fraction of sp³-hybridized carbons (Fsp3) is 0.424. The highest BCUT2D eigenvalue weighted by Gasteiger charge is 2.30. The molecule has 0 radical (unpaired) electrons. The third kappa shape index (κ3) is 8.22. The van der Waals surface area contributed by atoms with Gasteiger partial charge >= 0.3 is 5.97 Å². The highest BCUT2D eigenvalue weighted by molar-refractivity contribution is 6.00. The number of aromatic nitrogens is 1. The molecule has 0 saturated heterocycles. The maximum Gasteiger partial charge on any atom is 0.355 e. The minimum Gasteiger partial charge on any atom is -0.455 e. The molecule has 4 rings (SSSR count). The predicted molar refractivity (Wildman–Crippen MR) is 164 cm³/mol. The van der Waals surface area contributed by atoms with E-state index in [0.717, 1.165) is 5.56 Å². The molecule has 1 aliphatic carbocycles. The zero-order chi connectivity index (χ0) is 31.3. The highest BCUT2D eigenvalue weighted by atomic mass is 16.6. The molecule has 3 amide bonds. The largest absolute Gasteiger partial charge is 0.455 e. The second-order valence-electron chi connectivity index (χ2n) is 12.2. The molecule has 226 valence electrons. The average molecular weight is 586 g/mol. The Morgan fingerprint density at radius 1 is 1.07 bits per heavy atom. The first kappa shape index (κ1) is 31.3. The van der Waals surface area contributed by atoms with E-state index >= 15 is 0 Å². The molecule has 10 nitrogen and oxygen atoms in total. The topological polar surface area (TPSA) is 144 Å². The Balaban J connectivity index is 1.54. The van der Waals surface area contributed by atoms with Crippen LogP contribution in [0.15, 0.2) is 48.5 Å². The van der Waals surface area contributed by atoms with E-state index in [4.69, 9.17) is 4.74 Å². The molecule has 1 heterocycles. The summed E-state index contributed by atoms with van der Waals surface area (Å²) in [7, 11) is 1.68. The van der Waals surface area contributed by atoms with Gasteiger partial charge in [-0.15, -0.1) is 0 Å². The maximum atomic E-state index is 13.7. The number of ether oxygens (including phenoxy) is 1. The molecule has 0 spiro atoms. The van der Waals surface area contributed by atoms with Crippen LogP contribution in [-0.4, -0.2) is 47.4 Å². The molecule has 1 saturated carbocycles. The number of nitriles is 1. The first-order valence-electron chi connectivity index (χ1n) is 14.5. The third-order valence-electron chi connectivity index (χ3n) is 7.63. The normalized spacial score (nSPS) is 17.4. The number of esters is 1. The van der Waals surface area contributed by atoms with Crippen molar-refractivity contribution in [1.29, 1.82) is 5.26 Å². The molecule has 43 heavy (non-hydrogen) atoms. The molecule has 1 atom stereocenters. The molecule has 1 aromatic heterocycles. The van der Waals surface area contributed by atoms with Crippen molar-refractivity contribution in [3.63, 3.8) is 0 Å². The number of fused-ring (bicyclic) bond motifs is 1. The summed E-state index contributed by atoms with van der Waals surface area (Å²) in [4.78, 5) is 55.9. The minimum atomic E-state index is -0.890. The lowest BCUT2D eigenvalue weighted by Crippen LogP contribution is -2.47. The van der Waals surface area contributed by atoms with Crippen LogP contribution in [0.1, 0.15) is 69.4 Å². The number of hydrogen-bond donors (Lipinski definition) is 3. The number of benzene rings is 2. The molecule has 0 bridgehead atoms. The number of anilines is 2. The third-order valence-corrected chi connectivity index (χ3v) is 7.63. The second-order valence-corrected chi connectivity index (χ2v) is 12.2. The summed E-state index contributed by atoms with van der Waals surface area (Å²) in [6, 6.07) is 15.6. The molecule has 10 heteroatoms. The molecular weight excluding hydrogens is 546 g/mol. The monoisotopic (exact) mass is 585 g/mol. The molecule has 0 aliphatic heterocycles. The van der Waals surface area contributed by atoms with Crippen molar-refractivity contribution in [1.82, 2.24) is 10.3 Å². The fourth-order valence-electron chi connectivity index (χ4n) is 5.18. The standard InChI is InChI=1S/C33H39N5O5/c1-20(39)38(5)26-8-6-7-22(15-26)16-28(37-30(40)23-11-9-21(19-34)10-12-23)31(41)35-25-13-14-27-24(17-25)18-29(36-27)32(42)43-33(2,3)4/h6-8,13-15,17-18,21,23,28,36H,9-12,16H2,1-5H3,(H,35,41)(H,37,40). The van der Waals surface area contributed by atoms with Gasteiger partial charge in [-0.25, -0.2) is 4.79 Å². The van der Waals surface area contributed by atoms with Crippen LogP contribution < -0.4 is 15.5 Å². The van der Waals surface area contributed by atoms with Gasteiger partial charge in [-0.05, 0) is 88.4 Å². The van der Waals surface area contributed by atoms with Crippen LogP contribution in [0.25, 0.3) is 10.9 Å². The zero-order valence-electron chi connectivity index (χ0n) is 25.3. The van der Waals surface area contributed by atoms with E-state index in [1.54, 1.807) is 52.1 Å². The van der Waals surface area contributed by atoms with E-state index < -0.39 is 23.5 Å². The number of nitrogens with zero attached hydrogens (tertiary/aromatic N) is 2. The van der Waals surface area contributed by atoms with Crippen molar-refractivity contribution in [2.24, 2.45) is 11.8 Å². The van der Waals surface area contributed by atoms with Crippen molar-refractivity contribution < 1.29 is 23.9 Å². The van der Waals surface area contributed by atoms with Gasteiger partial charge in [0.05, 0.1) is 6.07 Å². The van der Waals surface area contributed by atoms with Crippen molar-refractivity contribution in [2.75, 3.05) is 17.3 Å². The number of rotatable bonds is 8. The van der Waals surface area contributed by atoms with Crippen LogP contribution in [0.3, 0.4) is 0 Å². The number of H-pyrrole nitrogens is 1. The van der Waals surface area contributed by atoms with Gasteiger partial charge < -0.3 is 25.3 Å². The van der Waals surface area contributed by atoms with E-state index in [-0.39, 0.29) is 30.1 Å². The first-order valence-corrected chi connectivity index (χ1v) is 14.5. The van der Waals surface area contributed by atoms with Crippen LogP contribution in [0.5, 0.6) is 0 Å². The Labute approximate surface area is 251 Å². The quantitative estimate of drug-likeness (QED) is 0.314. The maximum absolute atomic E-state index is 13.7. The van der Waals surface area contributed by atoms with Gasteiger partial charge in [0, 0.05) is 54.5 Å². The lowest BCUT2D eigenvalue weighted by molar-refractivity contribution is -0.130. The lowest BCUT2D eigenvalue weighted by atomic mass is 9.82. The first-order chi connectivity index (χ1) is 20.3. The minimum absolute atomic E-state index is 0.0386. The van der Waals surface area contributed by atoms with Crippen molar-refractivity contribution in [2.45, 2.75) is 71.4 Å². The second kappa shape index (κ2) is 13.1. The Morgan fingerprint density at radius 3 is 2.44 bits per heavy atom. The van der Waals surface area contributed by atoms with Crippen molar-refractivity contribution >= 4 is 46.0 Å². The lowest BCUT2D eigenvalue weighted by Gasteiger charge is -2.26. The molecule has 3 aromatic rings.